The number of hydrogen-bond acceptors (Lipinski definition) is 2. The summed E-state index contributed by atoms with van der Waals surface area (Å²) in [5.74, 6) is 0.554. The monoisotopic (exact) mass is 229 g/mol. The predicted octanol–water partition coefficient (Wildman–Crippen LogP) is 2.59. The van der Waals surface area contributed by atoms with E-state index in [0.717, 1.165) is 11.1 Å². The van der Waals surface area contributed by atoms with Gasteiger partial charge in [0.2, 0.25) is 0 Å². The van der Waals surface area contributed by atoms with E-state index in [-0.39, 0.29) is 6.04 Å². The van der Waals surface area contributed by atoms with Crippen LogP contribution in [-0.2, 0) is 7.05 Å². The van der Waals surface area contributed by atoms with Crippen molar-refractivity contribution in [1.29, 1.82) is 0 Å². The van der Waals surface area contributed by atoms with Gasteiger partial charge in [0.05, 0.1) is 12.2 Å². The number of nitrogens with zero attached hydrogens (tertiary/aromatic N) is 2. The fourth-order valence-corrected chi connectivity index (χ4v) is 1.88. The molecule has 3 heteroatoms. The first-order valence-corrected chi connectivity index (χ1v) is 5.92. The third-order valence-electron chi connectivity index (χ3n) is 3.05. The smallest absolute Gasteiger partial charge is 0.0582 e. The van der Waals surface area contributed by atoms with Gasteiger partial charge in [-0.25, -0.2) is 0 Å². The second kappa shape index (κ2) is 4.72. The maximum absolute atomic E-state index is 6.20. The summed E-state index contributed by atoms with van der Waals surface area (Å²) in [6, 6.07) is 8.41. The Morgan fingerprint density at radius 2 is 1.65 bits per heavy atom. The van der Waals surface area contributed by atoms with Gasteiger partial charge < -0.3 is 5.73 Å². The highest BCUT2D eigenvalue weighted by molar-refractivity contribution is 5.32. The normalized spacial score (nSPS) is 13.0. The van der Waals surface area contributed by atoms with E-state index in [1.54, 1.807) is 4.68 Å². The Bertz CT molecular complexity index is 482. The second-order valence-corrected chi connectivity index (χ2v) is 4.75. The van der Waals surface area contributed by atoms with Gasteiger partial charge in [-0.05, 0) is 17.0 Å². The lowest BCUT2D eigenvalue weighted by atomic mass is 9.97. The Morgan fingerprint density at radius 3 is 2.12 bits per heavy atom. The summed E-state index contributed by atoms with van der Waals surface area (Å²) in [6.07, 6.45) is 3.78. The van der Waals surface area contributed by atoms with Crippen LogP contribution in [0.4, 0.5) is 0 Å². The molecule has 1 aromatic carbocycles. The van der Waals surface area contributed by atoms with Crippen LogP contribution in [0.3, 0.4) is 0 Å². The molecule has 2 rings (SSSR count). The van der Waals surface area contributed by atoms with Crippen LogP contribution in [0.5, 0.6) is 0 Å². The van der Waals surface area contributed by atoms with E-state index in [2.05, 4.69) is 43.2 Å². The molecule has 17 heavy (non-hydrogen) atoms. The van der Waals surface area contributed by atoms with Gasteiger partial charge in [-0.3, -0.25) is 4.68 Å². The van der Waals surface area contributed by atoms with Crippen molar-refractivity contribution in [3.63, 3.8) is 0 Å². The summed E-state index contributed by atoms with van der Waals surface area (Å²) in [5.41, 5.74) is 9.72. The molecule has 1 atom stereocenters. The summed E-state index contributed by atoms with van der Waals surface area (Å²) in [7, 11) is 1.90. The molecule has 1 unspecified atom stereocenters. The van der Waals surface area contributed by atoms with Crippen LogP contribution in [0.1, 0.15) is 42.5 Å². The first-order valence-electron chi connectivity index (χ1n) is 5.92. The Balaban J connectivity index is 2.22. The van der Waals surface area contributed by atoms with Crippen LogP contribution in [-0.4, -0.2) is 9.78 Å². The topological polar surface area (TPSA) is 43.8 Å². The van der Waals surface area contributed by atoms with Gasteiger partial charge >= 0.3 is 0 Å². The molecule has 2 N–H and O–H groups in total. The zero-order valence-electron chi connectivity index (χ0n) is 10.6. The summed E-state index contributed by atoms with van der Waals surface area (Å²) in [5, 5.41) is 4.15. The first-order chi connectivity index (χ1) is 8.08. The van der Waals surface area contributed by atoms with Crippen molar-refractivity contribution in [2.45, 2.75) is 25.8 Å². The number of aromatic nitrogens is 2. The fourth-order valence-electron chi connectivity index (χ4n) is 1.88. The van der Waals surface area contributed by atoms with E-state index >= 15 is 0 Å². The quantitative estimate of drug-likeness (QED) is 0.879. The van der Waals surface area contributed by atoms with Crippen molar-refractivity contribution in [2.24, 2.45) is 12.8 Å². The van der Waals surface area contributed by atoms with E-state index in [9.17, 15) is 0 Å². The third-order valence-corrected chi connectivity index (χ3v) is 3.05. The molecule has 1 aromatic heterocycles. The highest BCUT2D eigenvalue weighted by atomic mass is 15.2. The molecule has 0 fully saturated rings. The molecular weight excluding hydrogens is 210 g/mol. The number of hydrogen-bond donors (Lipinski definition) is 1. The van der Waals surface area contributed by atoms with Gasteiger partial charge in [-0.1, -0.05) is 38.1 Å². The molecule has 0 bridgehead atoms. The maximum atomic E-state index is 6.20. The second-order valence-electron chi connectivity index (χ2n) is 4.75. The predicted molar refractivity (Wildman–Crippen MR) is 69.8 cm³/mol. The van der Waals surface area contributed by atoms with Gasteiger partial charge in [0.15, 0.2) is 0 Å². The molecule has 0 aliphatic heterocycles. The zero-order chi connectivity index (χ0) is 12.4. The molecule has 2 aromatic rings. The Hall–Kier alpha value is -1.61. The average molecular weight is 229 g/mol. The molecule has 0 aliphatic carbocycles. The van der Waals surface area contributed by atoms with Gasteiger partial charge in [0, 0.05) is 18.8 Å². The van der Waals surface area contributed by atoms with E-state index in [0.29, 0.717) is 5.92 Å². The molecule has 0 aliphatic rings. The van der Waals surface area contributed by atoms with Crippen LogP contribution >= 0.6 is 0 Å². The molecule has 0 amide bonds. The van der Waals surface area contributed by atoms with Crippen molar-refractivity contribution in [3.05, 3.63) is 53.3 Å². The summed E-state index contributed by atoms with van der Waals surface area (Å²) in [4.78, 5) is 0. The number of rotatable bonds is 3. The van der Waals surface area contributed by atoms with Crippen LogP contribution < -0.4 is 5.73 Å². The molecule has 1 heterocycles. The Labute approximate surface area is 102 Å². The zero-order valence-corrected chi connectivity index (χ0v) is 10.6. The van der Waals surface area contributed by atoms with Crippen LogP contribution in [0.15, 0.2) is 36.7 Å². The van der Waals surface area contributed by atoms with Crippen LogP contribution in [0.25, 0.3) is 0 Å². The largest absolute Gasteiger partial charge is 0.320 e. The van der Waals surface area contributed by atoms with Crippen molar-refractivity contribution in [1.82, 2.24) is 9.78 Å². The highest BCUT2D eigenvalue weighted by Crippen LogP contribution is 2.21. The maximum Gasteiger partial charge on any atom is 0.0582 e. The van der Waals surface area contributed by atoms with E-state index in [4.69, 9.17) is 5.73 Å². The summed E-state index contributed by atoms with van der Waals surface area (Å²) >= 11 is 0. The number of aryl methyl sites for hydroxylation is 1. The van der Waals surface area contributed by atoms with Gasteiger partial charge in [-0.2, -0.15) is 5.10 Å². The summed E-state index contributed by atoms with van der Waals surface area (Å²) in [6.45, 7) is 4.38. The molecule has 0 spiro atoms. The molecule has 0 saturated carbocycles. The minimum atomic E-state index is -0.0927. The highest BCUT2D eigenvalue weighted by Gasteiger charge is 2.10. The lowest BCUT2D eigenvalue weighted by Crippen LogP contribution is -2.11. The van der Waals surface area contributed by atoms with E-state index in [1.165, 1.54) is 5.56 Å². The van der Waals surface area contributed by atoms with Gasteiger partial charge in [-0.15, -0.1) is 0 Å². The Morgan fingerprint density at radius 1 is 1.06 bits per heavy atom. The molecule has 90 valence electrons. The summed E-state index contributed by atoms with van der Waals surface area (Å²) < 4.78 is 1.78. The van der Waals surface area contributed by atoms with Crippen molar-refractivity contribution >= 4 is 0 Å². The van der Waals surface area contributed by atoms with E-state index in [1.807, 2.05) is 19.4 Å². The van der Waals surface area contributed by atoms with Gasteiger partial charge in [0.1, 0.15) is 0 Å². The lowest BCUT2D eigenvalue weighted by Gasteiger charge is -2.12. The molecule has 3 nitrogen and oxygen atoms in total. The van der Waals surface area contributed by atoms with E-state index < -0.39 is 0 Å². The Kier molecular flexibility index (Phi) is 3.29. The lowest BCUT2D eigenvalue weighted by molar-refractivity contribution is 0.765. The third kappa shape index (κ3) is 2.56. The molecule has 0 radical (unpaired) electrons. The van der Waals surface area contributed by atoms with Crippen LogP contribution in [0, 0.1) is 0 Å². The number of benzene rings is 1. The minimum absolute atomic E-state index is 0.0927. The van der Waals surface area contributed by atoms with Gasteiger partial charge in [0.25, 0.3) is 0 Å². The van der Waals surface area contributed by atoms with Crippen molar-refractivity contribution in [3.8, 4) is 0 Å². The minimum Gasteiger partial charge on any atom is -0.320 e. The average Bonchev–Trinajstić information content (AvgIpc) is 2.75. The fraction of sp³-hybridized carbons (Fsp3) is 0.357. The van der Waals surface area contributed by atoms with Crippen LogP contribution in [0.2, 0.25) is 0 Å². The molecular formula is C14H19N3. The number of nitrogens with two attached hydrogens (primary N) is 1. The molecule has 0 saturated heterocycles. The van der Waals surface area contributed by atoms with Crippen molar-refractivity contribution < 1.29 is 0 Å². The van der Waals surface area contributed by atoms with Crippen molar-refractivity contribution in [2.75, 3.05) is 0 Å². The first kappa shape index (κ1) is 11.9. The standard InChI is InChI=1S/C14H19N3/c1-10(2)11-4-6-12(7-5-11)14(15)13-8-16-17(3)9-13/h4-10,14H,15H2,1-3H3. The SMILES string of the molecule is CC(C)c1ccc(C(N)c2cnn(C)c2)cc1.